The number of alkyl halides is 1. The molecule has 1 unspecified atom stereocenters. The van der Waals surface area contributed by atoms with Crippen molar-refractivity contribution in [3.63, 3.8) is 0 Å². The van der Waals surface area contributed by atoms with E-state index in [1.807, 2.05) is 24.3 Å². The van der Waals surface area contributed by atoms with Crippen molar-refractivity contribution < 1.29 is 9.47 Å². The number of ether oxygens (including phenoxy) is 2. The summed E-state index contributed by atoms with van der Waals surface area (Å²) in [7, 11) is 0. The predicted molar refractivity (Wildman–Crippen MR) is 69.7 cm³/mol. The zero-order chi connectivity index (χ0) is 11.9. The molecule has 0 aromatic heterocycles. The van der Waals surface area contributed by atoms with Crippen molar-refractivity contribution in [2.45, 2.75) is 37.7 Å². The summed E-state index contributed by atoms with van der Waals surface area (Å²) in [5.41, 5.74) is 1.06. The standard InChI is InChI=1S/C14H19ClO2/c15-11-12-5-1-2-8-14(12)17-10-4-7-13-6-3-9-16-13/h1-2,5,8,13H,3-4,6-7,9-11H2. The van der Waals surface area contributed by atoms with E-state index in [0.717, 1.165) is 37.4 Å². The Hall–Kier alpha value is -0.730. The Balaban J connectivity index is 1.70. The van der Waals surface area contributed by atoms with Crippen molar-refractivity contribution in [3.8, 4) is 5.75 Å². The van der Waals surface area contributed by atoms with E-state index >= 15 is 0 Å². The highest BCUT2D eigenvalue weighted by molar-refractivity contribution is 6.17. The summed E-state index contributed by atoms with van der Waals surface area (Å²) in [6, 6.07) is 7.94. The molecular formula is C14H19ClO2. The van der Waals surface area contributed by atoms with Gasteiger partial charge in [-0.05, 0) is 31.7 Å². The lowest BCUT2D eigenvalue weighted by Crippen LogP contribution is -2.08. The minimum atomic E-state index is 0.460. The average molecular weight is 255 g/mol. The zero-order valence-electron chi connectivity index (χ0n) is 10.0. The van der Waals surface area contributed by atoms with Crippen LogP contribution in [0.15, 0.2) is 24.3 Å². The largest absolute Gasteiger partial charge is 0.493 e. The van der Waals surface area contributed by atoms with Crippen molar-refractivity contribution in [2.75, 3.05) is 13.2 Å². The highest BCUT2D eigenvalue weighted by Crippen LogP contribution is 2.21. The topological polar surface area (TPSA) is 18.5 Å². The van der Waals surface area contributed by atoms with Gasteiger partial charge in [-0.25, -0.2) is 0 Å². The van der Waals surface area contributed by atoms with Gasteiger partial charge in [0.25, 0.3) is 0 Å². The fourth-order valence-corrected chi connectivity index (χ4v) is 2.34. The molecule has 0 amide bonds. The Labute approximate surface area is 108 Å². The monoisotopic (exact) mass is 254 g/mol. The maximum absolute atomic E-state index is 5.85. The van der Waals surface area contributed by atoms with Crippen molar-refractivity contribution in [2.24, 2.45) is 0 Å². The third-order valence-corrected chi connectivity index (χ3v) is 3.36. The van der Waals surface area contributed by atoms with Crippen LogP contribution < -0.4 is 4.74 Å². The van der Waals surface area contributed by atoms with Gasteiger partial charge in [0.05, 0.1) is 18.6 Å². The van der Waals surface area contributed by atoms with Crippen LogP contribution >= 0.6 is 11.6 Å². The van der Waals surface area contributed by atoms with E-state index in [2.05, 4.69) is 0 Å². The van der Waals surface area contributed by atoms with Crippen LogP contribution in [0.4, 0.5) is 0 Å². The molecule has 1 aliphatic heterocycles. The molecule has 1 heterocycles. The van der Waals surface area contributed by atoms with Crippen LogP contribution in [0.25, 0.3) is 0 Å². The number of halogens is 1. The van der Waals surface area contributed by atoms with Gasteiger partial charge in [0.1, 0.15) is 5.75 Å². The van der Waals surface area contributed by atoms with E-state index in [-0.39, 0.29) is 0 Å². The van der Waals surface area contributed by atoms with E-state index < -0.39 is 0 Å². The highest BCUT2D eigenvalue weighted by Gasteiger charge is 2.14. The molecule has 0 aliphatic carbocycles. The van der Waals surface area contributed by atoms with Gasteiger partial charge in [-0.15, -0.1) is 11.6 Å². The number of rotatable bonds is 6. The molecule has 0 spiro atoms. The first kappa shape index (κ1) is 12.7. The Kier molecular flexibility index (Phi) is 5.14. The normalized spacial score (nSPS) is 19.5. The van der Waals surface area contributed by atoms with Gasteiger partial charge in [-0.1, -0.05) is 18.2 Å². The van der Waals surface area contributed by atoms with Gasteiger partial charge in [-0.2, -0.15) is 0 Å². The van der Waals surface area contributed by atoms with Gasteiger partial charge in [0.15, 0.2) is 0 Å². The van der Waals surface area contributed by atoms with Crippen molar-refractivity contribution in [1.82, 2.24) is 0 Å². The fourth-order valence-electron chi connectivity index (χ4n) is 2.12. The van der Waals surface area contributed by atoms with Crippen LogP contribution in [0, 0.1) is 0 Å². The summed E-state index contributed by atoms with van der Waals surface area (Å²) >= 11 is 5.85. The number of hydrogen-bond donors (Lipinski definition) is 0. The van der Waals surface area contributed by atoms with Gasteiger partial charge < -0.3 is 9.47 Å². The molecule has 1 saturated heterocycles. The first-order chi connectivity index (χ1) is 8.40. The van der Waals surface area contributed by atoms with Crippen molar-refractivity contribution >= 4 is 11.6 Å². The molecule has 2 rings (SSSR count). The molecule has 0 N–H and O–H groups in total. The molecule has 1 atom stereocenters. The van der Waals surface area contributed by atoms with E-state index in [1.165, 1.54) is 12.8 Å². The third kappa shape index (κ3) is 3.90. The maximum Gasteiger partial charge on any atom is 0.123 e. The first-order valence-corrected chi connectivity index (χ1v) is 6.82. The second kappa shape index (κ2) is 6.87. The van der Waals surface area contributed by atoms with Crippen molar-refractivity contribution in [1.29, 1.82) is 0 Å². The first-order valence-electron chi connectivity index (χ1n) is 6.28. The Morgan fingerprint density at radius 3 is 3.00 bits per heavy atom. The van der Waals surface area contributed by atoms with Crippen LogP contribution in [0.2, 0.25) is 0 Å². The molecule has 17 heavy (non-hydrogen) atoms. The van der Waals surface area contributed by atoms with Crippen LogP contribution in [0.3, 0.4) is 0 Å². The Morgan fingerprint density at radius 2 is 2.24 bits per heavy atom. The molecule has 0 radical (unpaired) electrons. The molecule has 2 nitrogen and oxygen atoms in total. The van der Waals surface area contributed by atoms with Crippen LogP contribution in [0.1, 0.15) is 31.2 Å². The summed E-state index contributed by atoms with van der Waals surface area (Å²) in [5.74, 6) is 1.41. The number of para-hydroxylation sites is 1. The lowest BCUT2D eigenvalue weighted by atomic mass is 10.1. The number of hydrogen-bond acceptors (Lipinski definition) is 2. The molecule has 0 saturated carbocycles. The minimum absolute atomic E-state index is 0.460. The molecule has 1 aliphatic rings. The summed E-state index contributed by atoms with van der Waals surface area (Å²) in [6.07, 6.45) is 5.02. The molecule has 3 heteroatoms. The van der Waals surface area contributed by atoms with Crippen LogP contribution in [0.5, 0.6) is 5.75 Å². The SMILES string of the molecule is ClCc1ccccc1OCCCC1CCCO1. The van der Waals surface area contributed by atoms with Gasteiger partial charge in [0.2, 0.25) is 0 Å². The quantitative estimate of drug-likeness (QED) is 0.568. The molecule has 1 fully saturated rings. The molecular weight excluding hydrogens is 236 g/mol. The summed E-state index contributed by atoms with van der Waals surface area (Å²) in [6.45, 7) is 1.67. The molecule has 1 aromatic carbocycles. The summed E-state index contributed by atoms with van der Waals surface area (Å²) in [5, 5.41) is 0. The fraction of sp³-hybridized carbons (Fsp3) is 0.571. The van der Waals surface area contributed by atoms with E-state index in [0.29, 0.717) is 12.0 Å². The highest BCUT2D eigenvalue weighted by atomic mass is 35.5. The van der Waals surface area contributed by atoms with Gasteiger partial charge in [-0.3, -0.25) is 0 Å². The third-order valence-electron chi connectivity index (χ3n) is 3.07. The average Bonchev–Trinajstić information content (AvgIpc) is 2.88. The van der Waals surface area contributed by atoms with Gasteiger partial charge >= 0.3 is 0 Å². The van der Waals surface area contributed by atoms with E-state index in [9.17, 15) is 0 Å². The maximum atomic E-state index is 5.85. The van der Waals surface area contributed by atoms with E-state index in [1.54, 1.807) is 0 Å². The zero-order valence-corrected chi connectivity index (χ0v) is 10.8. The number of benzene rings is 1. The smallest absolute Gasteiger partial charge is 0.123 e. The Morgan fingerprint density at radius 1 is 1.35 bits per heavy atom. The molecule has 0 bridgehead atoms. The van der Waals surface area contributed by atoms with Crippen molar-refractivity contribution in [3.05, 3.63) is 29.8 Å². The second-order valence-electron chi connectivity index (χ2n) is 4.37. The van der Waals surface area contributed by atoms with E-state index in [4.69, 9.17) is 21.1 Å². The summed E-state index contributed by atoms with van der Waals surface area (Å²) in [4.78, 5) is 0. The van der Waals surface area contributed by atoms with Crippen LogP contribution in [-0.2, 0) is 10.6 Å². The Bertz CT molecular complexity index is 335. The van der Waals surface area contributed by atoms with Crippen LogP contribution in [-0.4, -0.2) is 19.3 Å². The van der Waals surface area contributed by atoms with Gasteiger partial charge in [0, 0.05) is 12.2 Å². The predicted octanol–water partition coefficient (Wildman–Crippen LogP) is 3.76. The molecule has 1 aromatic rings. The summed E-state index contributed by atoms with van der Waals surface area (Å²) < 4.78 is 11.3. The second-order valence-corrected chi connectivity index (χ2v) is 4.63. The lowest BCUT2D eigenvalue weighted by molar-refractivity contribution is 0.0981. The minimum Gasteiger partial charge on any atom is -0.493 e. The molecule has 94 valence electrons. The lowest BCUT2D eigenvalue weighted by Gasteiger charge is -2.11.